The number of thiazole rings is 1. The summed E-state index contributed by atoms with van der Waals surface area (Å²) in [5.74, 6) is 1.71. The first-order chi connectivity index (χ1) is 16.5. The van der Waals surface area contributed by atoms with Crippen LogP contribution in [-0.2, 0) is 9.53 Å². The Morgan fingerprint density at radius 3 is 2.63 bits per heavy atom. The zero-order valence-electron chi connectivity index (χ0n) is 20.6. The van der Waals surface area contributed by atoms with Gasteiger partial charge in [0.2, 0.25) is 5.91 Å². The van der Waals surface area contributed by atoms with Gasteiger partial charge >= 0.3 is 0 Å². The number of hydrogen-bond donors (Lipinski definition) is 0. The Bertz CT molecular complexity index is 1100. The fraction of sp³-hybridized carbons (Fsp3) is 0.462. The summed E-state index contributed by atoms with van der Waals surface area (Å²) in [4.78, 5) is 23.7. The van der Waals surface area contributed by atoms with E-state index < -0.39 is 0 Å². The zero-order valence-corrected chi connectivity index (χ0v) is 23.1. The summed E-state index contributed by atoms with van der Waals surface area (Å²) in [6, 6.07) is 12.2. The number of benzene rings is 2. The van der Waals surface area contributed by atoms with Crippen LogP contribution in [0.4, 0.5) is 5.13 Å². The second kappa shape index (κ2) is 13.5. The quantitative estimate of drug-likeness (QED) is 0.316. The minimum Gasteiger partial charge on any atom is -0.497 e. The van der Waals surface area contributed by atoms with Gasteiger partial charge in [0, 0.05) is 43.2 Å². The van der Waals surface area contributed by atoms with Crippen molar-refractivity contribution in [1.29, 1.82) is 0 Å². The lowest BCUT2D eigenvalue weighted by molar-refractivity contribution is -0.118. The highest BCUT2D eigenvalue weighted by Gasteiger charge is 2.21. The minimum atomic E-state index is 0. The fourth-order valence-corrected chi connectivity index (χ4v) is 5.91. The molecule has 0 unspecified atom stereocenters. The number of halogens is 1. The maximum absolute atomic E-state index is 13.4. The van der Waals surface area contributed by atoms with Gasteiger partial charge in [0.05, 0.1) is 30.5 Å². The van der Waals surface area contributed by atoms with Crippen molar-refractivity contribution >= 4 is 56.8 Å². The van der Waals surface area contributed by atoms with Gasteiger partial charge in [-0.3, -0.25) is 14.6 Å². The Labute approximate surface area is 222 Å². The van der Waals surface area contributed by atoms with Gasteiger partial charge in [-0.25, -0.2) is 4.98 Å². The van der Waals surface area contributed by atoms with Crippen LogP contribution in [0.15, 0.2) is 41.3 Å². The standard InChI is InChI=1S/C26H33N3O3S2.ClH/c1-19-5-10-23-25(20(19)2)27-26(34-23)29(13-4-12-28-14-16-32-17-15-28)24(30)11-18-33-22-8-6-21(31-3)7-9-22;/h5-10H,4,11-18H2,1-3H3;1H. The Balaban J connectivity index is 0.00000342. The van der Waals surface area contributed by atoms with Gasteiger partial charge in [0.1, 0.15) is 5.75 Å². The molecule has 1 aromatic heterocycles. The number of carbonyl (C=O) groups excluding carboxylic acids is 1. The van der Waals surface area contributed by atoms with Crippen molar-refractivity contribution in [2.45, 2.75) is 31.6 Å². The van der Waals surface area contributed by atoms with Crippen molar-refractivity contribution in [2.75, 3.05) is 57.2 Å². The van der Waals surface area contributed by atoms with Gasteiger partial charge in [-0.2, -0.15) is 0 Å². The van der Waals surface area contributed by atoms with E-state index in [0.29, 0.717) is 13.0 Å². The molecule has 0 atom stereocenters. The molecule has 0 spiro atoms. The van der Waals surface area contributed by atoms with Crippen LogP contribution in [0.1, 0.15) is 24.0 Å². The number of hydrogen-bond acceptors (Lipinski definition) is 7. The van der Waals surface area contributed by atoms with Gasteiger partial charge in [0.15, 0.2) is 5.13 Å². The van der Waals surface area contributed by atoms with E-state index >= 15 is 0 Å². The summed E-state index contributed by atoms with van der Waals surface area (Å²) in [7, 11) is 1.67. The second-order valence-electron chi connectivity index (χ2n) is 8.48. The predicted octanol–water partition coefficient (Wildman–Crippen LogP) is 5.58. The first-order valence-electron chi connectivity index (χ1n) is 11.8. The molecule has 190 valence electrons. The average molecular weight is 536 g/mol. The van der Waals surface area contributed by atoms with E-state index in [1.54, 1.807) is 30.2 Å². The third kappa shape index (κ3) is 7.33. The number of amides is 1. The molecular weight excluding hydrogens is 502 g/mol. The summed E-state index contributed by atoms with van der Waals surface area (Å²) in [5, 5.41) is 0.810. The summed E-state index contributed by atoms with van der Waals surface area (Å²) >= 11 is 3.31. The molecule has 2 heterocycles. The summed E-state index contributed by atoms with van der Waals surface area (Å²) in [5.41, 5.74) is 3.43. The van der Waals surface area contributed by atoms with E-state index in [1.807, 2.05) is 29.2 Å². The predicted molar refractivity (Wildman–Crippen MR) is 149 cm³/mol. The van der Waals surface area contributed by atoms with Gasteiger partial charge < -0.3 is 9.47 Å². The third-order valence-corrected chi connectivity index (χ3v) is 8.27. The van der Waals surface area contributed by atoms with Crippen molar-refractivity contribution in [3.63, 3.8) is 0 Å². The molecule has 0 bridgehead atoms. The molecule has 1 fully saturated rings. The number of fused-ring (bicyclic) bond motifs is 1. The number of morpholine rings is 1. The molecule has 0 N–H and O–H groups in total. The molecule has 3 aromatic rings. The topological polar surface area (TPSA) is 54.9 Å². The van der Waals surface area contributed by atoms with Crippen LogP contribution in [0, 0.1) is 13.8 Å². The molecule has 1 aliphatic heterocycles. The molecule has 2 aromatic carbocycles. The van der Waals surface area contributed by atoms with E-state index in [9.17, 15) is 4.79 Å². The number of ether oxygens (including phenoxy) is 2. The Kier molecular flexibility index (Phi) is 10.7. The van der Waals surface area contributed by atoms with Crippen molar-refractivity contribution in [3.8, 4) is 5.75 Å². The van der Waals surface area contributed by atoms with E-state index in [2.05, 4.69) is 30.9 Å². The fourth-order valence-electron chi connectivity index (χ4n) is 4.00. The van der Waals surface area contributed by atoms with Crippen LogP contribution in [0.2, 0.25) is 0 Å². The molecule has 1 amide bonds. The monoisotopic (exact) mass is 535 g/mol. The average Bonchev–Trinajstić information content (AvgIpc) is 3.30. The van der Waals surface area contributed by atoms with Gasteiger partial charge in [-0.05, 0) is 61.7 Å². The van der Waals surface area contributed by atoms with Gasteiger partial charge in [-0.15, -0.1) is 24.2 Å². The van der Waals surface area contributed by atoms with Gasteiger partial charge in [-0.1, -0.05) is 17.4 Å². The number of thioether (sulfide) groups is 1. The smallest absolute Gasteiger partial charge is 0.229 e. The highest BCUT2D eigenvalue weighted by Crippen LogP contribution is 2.32. The highest BCUT2D eigenvalue weighted by atomic mass is 35.5. The number of aryl methyl sites for hydroxylation is 2. The van der Waals surface area contributed by atoms with Crippen molar-refractivity contribution < 1.29 is 14.3 Å². The zero-order chi connectivity index (χ0) is 23.9. The number of anilines is 1. The van der Waals surface area contributed by atoms with Crippen LogP contribution in [0.5, 0.6) is 5.75 Å². The van der Waals surface area contributed by atoms with Crippen LogP contribution in [0.25, 0.3) is 10.2 Å². The molecule has 1 aliphatic rings. The van der Waals surface area contributed by atoms with Gasteiger partial charge in [0.25, 0.3) is 0 Å². The lowest BCUT2D eigenvalue weighted by atomic mass is 10.1. The van der Waals surface area contributed by atoms with Crippen LogP contribution < -0.4 is 9.64 Å². The largest absolute Gasteiger partial charge is 0.497 e. The van der Waals surface area contributed by atoms with E-state index in [0.717, 1.165) is 71.0 Å². The molecule has 6 nitrogen and oxygen atoms in total. The Morgan fingerprint density at radius 1 is 1.17 bits per heavy atom. The molecule has 9 heteroatoms. The minimum absolute atomic E-state index is 0. The molecule has 35 heavy (non-hydrogen) atoms. The molecule has 0 saturated carbocycles. The molecule has 0 radical (unpaired) electrons. The van der Waals surface area contributed by atoms with Crippen LogP contribution >= 0.6 is 35.5 Å². The first kappa shape index (κ1) is 27.7. The Morgan fingerprint density at radius 2 is 1.91 bits per heavy atom. The van der Waals surface area contributed by atoms with Crippen molar-refractivity contribution in [1.82, 2.24) is 9.88 Å². The number of nitrogens with zero attached hydrogens (tertiary/aromatic N) is 3. The van der Waals surface area contributed by atoms with E-state index in [4.69, 9.17) is 14.5 Å². The SMILES string of the molecule is COc1ccc(SCCC(=O)N(CCCN2CCOCC2)c2nc3c(C)c(C)ccc3s2)cc1.Cl. The molecule has 0 aliphatic carbocycles. The third-order valence-electron chi connectivity index (χ3n) is 6.21. The van der Waals surface area contributed by atoms with E-state index in [1.165, 1.54) is 11.1 Å². The molecule has 1 saturated heterocycles. The van der Waals surface area contributed by atoms with Crippen LogP contribution in [0.3, 0.4) is 0 Å². The lowest BCUT2D eigenvalue weighted by Gasteiger charge is -2.27. The summed E-state index contributed by atoms with van der Waals surface area (Å²) in [6.07, 6.45) is 1.40. The first-order valence-corrected chi connectivity index (χ1v) is 13.6. The lowest BCUT2D eigenvalue weighted by Crippen LogP contribution is -2.39. The number of rotatable bonds is 10. The highest BCUT2D eigenvalue weighted by molar-refractivity contribution is 7.99. The number of carbonyl (C=O) groups is 1. The Hall–Kier alpha value is -1.84. The summed E-state index contributed by atoms with van der Waals surface area (Å²) < 4.78 is 11.8. The van der Waals surface area contributed by atoms with Crippen molar-refractivity contribution in [3.05, 3.63) is 47.5 Å². The molecular formula is C26H34ClN3O3S2. The van der Waals surface area contributed by atoms with Crippen LogP contribution in [-0.4, -0.2) is 68.0 Å². The number of aromatic nitrogens is 1. The normalized spacial score (nSPS) is 14.0. The van der Waals surface area contributed by atoms with Crippen molar-refractivity contribution in [2.24, 2.45) is 0 Å². The summed E-state index contributed by atoms with van der Waals surface area (Å²) in [6.45, 7) is 9.38. The molecule has 4 rings (SSSR count). The number of methoxy groups -OCH3 is 1. The van der Waals surface area contributed by atoms with E-state index in [-0.39, 0.29) is 18.3 Å². The second-order valence-corrected chi connectivity index (χ2v) is 10.7. The maximum Gasteiger partial charge on any atom is 0.229 e. The maximum atomic E-state index is 13.4.